The van der Waals surface area contributed by atoms with Crippen molar-refractivity contribution in [3.63, 3.8) is 0 Å². The van der Waals surface area contributed by atoms with Crippen molar-refractivity contribution in [2.24, 2.45) is 11.8 Å². The van der Waals surface area contributed by atoms with Crippen LogP contribution in [0.4, 0.5) is 4.79 Å². The Balaban J connectivity index is 1.36. The third-order valence-electron chi connectivity index (χ3n) is 5.88. The van der Waals surface area contributed by atoms with E-state index in [0.29, 0.717) is 19.6 Å². The van der Waals surface area contributed by atoms with Crippen molar-refractivity contribution in [3.05, 3.63) is 29.3 Å². The van der Waals surface area contributed by atoms with Gasteiger partial charge in [-0.15, -0.1) is 0 Å². The molecule has 6 nitrogen and oxygen atoms in total. The molecule has 2 amide bonds. The number of rotatable bonds is 5. The molecule has 148 valence electrons. The Bertz CT molecular complexity index is 677. The molecule has 0 bridgehead atoms. The number of phenolic OH excluding ortho intramolecular Hbond substituents is 1. The van der Waals surface area contributed by atoms with Crippen molar-refractivity contribution in [3.8, 4) is 5.75 Å². The van der Waals surface area contributed by atoms with E-state index in [1.165, 1.54) is 6.42 Å². The fourth-order valence-electron chi connectivity index (χ4n) is 3.83. The number of phenols is 1. The lowest BCUT2D eigenvalue weighted by Crippen LogP contribution is -2.56. The van der Waals surface area contributed by atoms with Crippen LogP contribution in [0.3, 0.4) is 0 Å². The molecule has 27 heavy (non-hydrogen) atoms. The summed E-state index contributed by atoms with van der Waals surface area (Å²) in [6.07, 6.45) is 5.13. The molecule has 1 heterocycles. The molecule has 0 aromatic heterocycles. The molecule has 0 unspecified atom stereocenters. The van der Waals surface area contributed by atoms with Crippen LogP contribution in [-0.2, 0) is 16.1 Å². The van der Waals surface area contributed by atoms with E-state index in [9.17, 15) is 14.7 Å². The lowest BCUT2D eigenvalue weighted by Gasteiger charge is -2.38. The van der Waals surface area contributed by atoms with Crippen molar-refractivity contribution < 1.29 is 19.4 Å². The largest absolute Gasteiger partial charge is 0.508 e. The maximum absolute atomic E-state index is 12.2. The number of ether oxygens (including phenoxy) is 1. The van der Waals surface area contributed by atoms with E-state index in [0.717, 1.165) is 42.7 Å². The Morgan fingerprint density at radius 3 is 2.56 bits per heavy atom. The summed E-state index contributed by atoms with van der Waals surface area (Å²) >= 11 is 0. The summed E-state index contributed by atoms with van der Waals surface area (Å²) in [5.41, 5.74) is 1.73. The third kappa shape index (κ3) is 4.93. The lowest BCUT2D eigenvalue weighted by atomic mass is 9.86. The lowest BCUT2D eigenvalue weighted by molar-refractivity contribution is -0.129. The first-order valence-electron chi connectivity index (χ1n) is 9.98. The average Bonchev–Trinajstić information content (AvgIpc) is 2.62. The maximum atomic E-state index is 12.2. The summed E-state index contributed by atoms with van der Waals surface area (Å²) in [7, 11) is 0. The molecule has 0 spiro atoms. The fraction of sp³-hybridized carbons (Fsp3) is 0.619. The number of nitrogens with one attached hydrogen (secondary N) is 1. The van der Waals surface area contributed by atoms with Crippen molar-refractivity contribution in [2.45, 2.75) is 58.6 Å². The highest BCUT2D eigenvalue weighted by Gasteiger charge is 2.37. The molecule has 1 saturated heterocycles. The van der Waals surface area contributed by atoms with Crippen molar-refractivity contribution in [2.75, 3.05) is 13.1 Å². The van der Waals surface area contributed by atoms with E-state index in [-0.39, 0.29) is 29.8 Å². The number of carbonyl (C=O) groups excluding carboxylic acids is 2. The summed E-state index contributed by atoms with van der Waals surface area (Å²) in [4.78, 5) is 26.1. The summed E-state index contributed by atoms with van der Waals surface area (Å²) in [6, 6.07) is 5.28. The Hall–Kier alpha value is -2.24. The molecule has 1 saturated carbocycles. The van der Waals surface area contributed by atoms with E-state index in [4.69, 9.17) is 4.74 Å². The monoisotopic (exact) mass is 374 g/mol. The second-order valence-corrected chi connectivity index (χ2v) is 7.88. The first kappa shape index (κ1) is 19.5. The molecule has 1 aliphatic heterocycles. The number of hydrogen-bond acceptors (Lipinski definition) is 4. The van der Waals surface area contributed by atoms with E-state index < -0.39 is 0 Å². The minimum Gasteiger partial charge on any atom is -0.508 e. The molecule has 0 radical (unpaired) electrons. The van der Waals surface area contributed by atoms with Crippen LogP contribution < -0.4 is 5.32 Å². The predicted octanol–water partition coefficient (Wildman–Crippen LogP) is 3.35. The van der Waals surface area contributed by atoms with Gasteiger partial charge < -0.3 is 20.1 Å². The van der Waals surface area contributed by atoms with Crippen LogP contribution in [0.5, 0.6) is 5.75 Å². The van der Waals surface area contributed by atoms with E-state index in [1.54, 1.807) is 17.0 Å². The summed E-state index contributed by atoms with van der Waals surface area (Å²) in [5, 5.41) is 12.4. The highest BCUT2D eigenvalue weighted by atomic mass is 16.6. The van der Waals surface area contributed by atoms with Gasteiger partial charge in [0.2, 0.25) is 5.91 Å². The number of hydrogen-bond donors (Lipinski definition) is 2. The van der Waals surface area contributed by atoms with E-state index in [1.807, 2.05) is 13.0 Å². The molecule has 2 N–H and O–H groups in total. The Morgan fingerprint density at radius 1 is 1.22 bits per heavy atom. The third-order valence-corrected chi connectivity index (χ3v) is 5.88. The van der Waals surface area contributed by atoms with Crippen LogP contribution in [0.2, 0.25) is 0 Å². The van der Waals surface area contributed by atoms with Gasteiger partial charge in [-0.05, 0) is 55.7 Å². The van der Waals surface area contributed by atoms with Gasteiger partial charge in [0.25, 0.3) is 0 Å². The average molecular weight is 374 g/mol. The Labute approximate surface area is 160 Å². The number of carbonyl (C=O) groups is 2. The van der Waals surface area contributed by atoms with Gasteiger partial charge in [0, 0.05) is 19.6 Å². The van der Waals surface area contributed by atoms with Gasteiger partial charge in [-0.1, -0.05) is 25.5 Å². The van der Waals surface area contributed by atoms with Crippen molar-refractivity contribution in [1.82, 2.24) is 10.2 Å². The van der Waals surface area contributed by atoms with Gasteiger partial charge in [-0.2, -0.15) is 0 Å². The zero-order valence-electron chi connectivity index (χ0n) is 16.2. The van der Waals surface area contributed by atoms with Crippen LogP contribution in [0.1, 0.15) is 50.2 Å². The Kier molecular flexibility index (Phi) is 6.24. The number of benzene rings is 1. The Morgan fingerprint density at radius 2 is 1.93 bits per heavy atom. The smallest absolute Gasteiger partial charge is 0.410 e. The summed E-state index contributed by atoms with van der Waals surface area (Å²) in [6.45, 7) is 5.30. The molecule has 0 atom stereocenters. The van der Waals surface area contributed by atoms with Crippen LogP contribution in [0.15, 0.2) is 18.2 Å². The number of nitrogens with zero attached hydrogens (tertiary/aromatic N) is 1. The second kappa shape index (κ2) is 8.63. The second-order valence-electron chi connectivity index (χ2n) is 7.88. The summed E-state index contributed by atoms with van der Waals surface area (Å²) in [5.74, 6) is 0.802. The number of aromatic hydroxyl groups is 1. The standard InChI is InChI=1S/C21H30N2O4/c1-3-15-4-7-18(8-5-15)27-21(26)23-12-17(13-23)20(25)22-11-16-6-9-19(24)14(2)10-16/h6,9-10,15,17-18,24H,3-5,7-8,11-13H2,1-2H3,(H,22,25). The molecule has 3 rings (SSSR count). The van der Waals surface area contributed by atoms with Gasteiger partial charge in [0.05, 0.1) is 5.92 Å². The minimum atomic E-state index is -0.284. The molecule has 1 aromatic rings. The topological polar surface area (TPSA) is 78.9 Å². The van der Waals surface area contributed by atoms with E-state index in [2.05, 4.69) is 12.2 Å². The van der Waals surface area contributed by atoms with Crippen LogP contribution in [0.25, 0.3) is 0 Å². The van der Waals surface area contributed by atoms with Gasteiger partial charge in [-0.25, -0.2) is 4.79 Å². The highest BCUT2D eigenvalue weighted by Crippen LogP contribution is 2.29. The van der Waals surface area contributed by atoms with Crippen molar-refractivity contribution in [1.29, 1.82) is 0 Å². The number of amides is 2. The first-order chi connectivity index (χ1) is 13.0. The molecule has 1 aliphatic carbocycles. The maximum Gasteiger partial charge on any atom is 0.410 e. The minimum absolute atomic E-state index is 0.0333. The zero-order chi connectivity index (χ0) is 19.4. The van der Waals surface area contributed by atoms with Crippen LogP contribution >= 0.6 is 0 Å². The van der Waals surface area contributed by atoms with E-state index >= 15 is 0 Å². The molecule has 2 aliphatic rings. The molecule has 1 aromatic carbocycles. The van der Waals surface area contributed by atoms with Crippen LogP contribution in [-0.4, -0.2) is 41.2 Å². The molecular formula is C21H30N2O4. The normalized spacial score (nSPS) is 22.8. The first-order valence-corrected chi connectivity index (χ1v) is 9.98. The number of aryl methyl sites for hydroxylation is 1. The fourth-order valence-corrected chi connectivity index (χ4v) is 3.83. The molecule has 6 heteroatoms. The highest BCUT2D eigenvalue weighted by molar-refractivity contribution is 5.82. The molecular weight excluding hydrogens is 344 g/mol. The van der Waals surface area contributed by atoms with Crippen LogP contribution in [0, 0.1) is 18.8 Å². The summed E-state index contributed by atoms with van der Waals surface area (Å²) < 4.78 is 5.60. The predicted molar refractivity (Wildman–Crippen MR) is 102 cm³/mol. The zero-order valence-corrected chi connectivity index (χ0v) is 16.2. The van der Waals surface area contributed by atoms with Gasteiger partial charge >= 0.3 is 6.09 Å². The van der Waals surface area contributed by atoms with Gasteiger partial charge in [-0.3, -0.25) is 4.79 Å². The quantitative estimate of drug-likeness (QED) is 0.828. The molecule has 2 fully saturated rings. The number of likely N-dealkylation sites (tertiary alicyclic amines) is 1. The van der Waals surface area contributed by atoms with Gasteiger partial charge in [0.1, 0.15) is 11.9 Å². The van der Waals surface area contributed by atoms with Crippen molar-refractivity contribution >= 4 is 12.0 Å². The van der Waals surface area contributed by atoms with Gasteiger partial charge in [0.15, 0.2) is 0 Å². The SMILES string of the molecule is CCC1CCC(OC(=O)N2CC(C(=O)NCc3ccc(O)c(C)c3)C2)CC1.